The number of nitriles is 1. The summed E-state index contributed by atoms with van der Waals surface area (Å²) in [5.41, 5.74) is 11.2. The molecular weight excluding hydrogens is 181 g/mol. The number of nitrogen functional groups attached to an aromatic ring is 1. The number of nitrogens with zero attached hydrogens (tertiary/aromatic N) is 1. The van der Waals surface area contributed by atoms with E-state index in [1.54, 1.807) is 6.07 Å². The third kappa shape index (κ3) is 1.58. The summed E-state index contributed by atoms with van der Waals surface area (Å²) in [5, 5.41) is 8.64. The molecule has 0 aromatic heterocycles. The molecule has 1 aromatic carbocycles. The van der Waals surface area contributed by atoms with Crippen LogP contribution in [0, 0.1) is 17.1 Å². The highest BCUT2D eigenvalue weighted by Gasteiger charge is 2.14. The van der Waals surface area contributed by atoms with Crippen LogP contribution in [-0.2, 0) is 0 Å². The zero-order chi connectivity index (χ0) is 10.7. The van der Waals surface area contributed by atoms with Crippen LogP contribution in [0.25, 0.3) is 0 Å². The lowest BCUT2D eigenvalue weighted by molar-refractivity contribution is 0.599. The van der Waals surface area contributed by atoms with Crippen LogP contribution in [0.2, 0.25) is 0 Å². The fourth-order valence-corrected chi connectivity index (χ4v) is 1.11. The topological polar surface area (TPSA) is 75.8 Å². The Morgan fingerprint density at radius 3 is 2.71 bits per heavy atom. The first-order valence-corrected chi connectivity index (χ1v) is 3.98. The van der Waals surface area contributed by atoms with Crippen molar-refractivity contribution in [3.63, 3.8) is 0 Å². The first kappa shape index (κ1) is 10.2. The number of halogens is 1. The Balaban J connectivity index is 3.37. The second-order valence-electron chi connectivity index (χ2n) is 2.81. The van der Waals surface area contributed by atoms with Gasteiger partial charge in [-0.25, -0.2) is 4.39 Å². The highest BCUT2D eigenvalue weighted by atomic mass is 19.1. The molecule has 1 rings (SSSR count). The first-order valence-electron chi connectivity index (χ1n) is 3.98. The quantitative estimate of drug-likeness (QED) is 0.549. The van der Waals surface area contributed by atoms with E-state index in [0.717, 1.165) is 0 Å². The number of nitrogens with two attached hydrogens (primary N) is 2. The van der Waals surface area contributed by atoms with Crippen molar-refractivity contribution in [2.45, 2.75) is 6.04 Å². The maximum absolute atomic E-state index is 13.5. The van der Waals surface area contributed by atoms with Crippen molar-refractivity contribution >= 4 is 5.69 Å². The normalized spacial score (nSPS) is 11.8. The van der Waals surface area contributed by atoms with Crippen molar-refractivity contribution < 1.29 is 4.39 Å². The summed E-state index contributed by atoms with van der Waals surface area (Å²) in [4.78, 5) is 0. The Kier molecular flexibility index (Phi) is 2.85. The van der Waals surface area contributed by atoms with E-state index in [1.807, 2.05) is 0 Å². The molecule has 0 saturated heterocycles. The molecule has 0 saturated carbocycles. The Labute approximate surface area is 81.4 Å². The van der Waals surface area contributed by atoms with Gasteiger partial charge in [0.15, 0.2) is 0 Å². The highest BCUT2D eigenvalue weighted by Crippen LogP contribution is 2.23. The highest BCUT2D eigenvalue weighted by molar-refractivity contribution is 5.56. The SMILES string of the molecule is C=C[C@@H](N)c1ccc(N)c(C#N)c1F. The van der Waals surface area contributed by atoms with Crippen molar-refractivity contribution in [2.24, 2.45) is 5.73 Å². The van der Waals surface area contributed by atoms with Crippen LogP contribution in [0.15, 0.2) is 24.8 Å². The third-order valence-electron chi connectivity index (χ3n) is 1.93. The van der Waals surface area contributed by atoms with Gasteiger partial charge < -0.3 is 11.5 Å². The van der Waals surface area contributed by atoms with Crippen LogP contribution in [-0.4, -0.2) is 0 Å². The Hall–Kier alpha value is -1.86. The average molecular weight is 191 g/mol. The van der Waals surface area contributed by atoms with Crippen LogP contribution in [0.5, 0.6) is 0 Å². The van der Waals surface area contributed by atoms with Gasteiger partial charge in [0.05, 0.1) is 11.7 Å². The second kappa shape index (κ2) is 3.90. The fraction of sp³-hybridized carbons (Fsp3) is 0.100. The van der Waals surface area contributed by atoms with Crippen molar-refractivity contribution in [3.8, 4) is 6.07 Å². The lowest BCUT2D eigenvalue weighted by Gasteiger charge is -2.09. The van der Waals surface area contributed by atoms with Crippen LogP contribution < -0.4 is 11.5 Å². The second-order valence-corrected chi connectivity index (χ2v) is 2.81. The van der Waals surface area contributed by atoms with Gasteiger partial charge in [0.1, 0.15) is 17.4 Å². The molecule has 14 heavy (non-hydrogen) atoms. The summed E-state index contributed by atoms with van der Waals surface area (Å²) < 4.78 is 13.5. The summed E-state index contributed by atoms with van der Waals surface area (Å²) in [7, 11) is 0. The lowest BCUT2D eigenvalue weighted by atomic mass is 10.0. The van der Waals surface area contributed by atoms with Crippen molar-refractivity contribution in [1.82, 2.24) is 0 Å². The van der Waals surface area contributed by atoms with Crippen molar-refractivity contribution in [3.05, 3.63) is 41.7 Å². The van der Waals surface area contributed by atoms with Gasteiger partial charge in [0, 0.05) is 5.56 Å². The number of rotatable bonds is 2. The van der Waals surface area contributed by atoms with Gasteiger partial charge in [0.2, 0.25) is 0 Å². The predicted octanol–water partition coefficient (Wildman–Crippen LogP) is 1.47. The minimum Gasteiger partial charge on any atom is -0.398 e. The maximum Gasteiger partial charge on any atom is 0.148 e. The minimum absolute atomic E-state index is 0.116. The minimum atomic E-state index is -0.667. The maximum atomic E-state index is 13.5. The molecule has 1 aromatic rings. The van der Waals surface area contributed by atoms with Crippen LogP contribution in [0.1, 0.15) is 17.2 Å². The molecule has 4 heteroatoms. The Morgan fingerprint density at radius 1 is 1.57 bits per heavy atom. The lowest BCUT2D eigenvalue weighted by Crippen LogP contribution is -2.10. The molecule has 0 amide bonds. The summed E-state index contributed by atoms with van der Waals surface area (Å²) in [6.07, 6.45) is 1.40. The summed E-state index contributed by atoms with van der Waals surface area (Å²) in [6.45, 7) is 3.45. The zero-order valence-corrected chi connectivity index (χ0v) is 7.50. The van der Waals surface area contributed by atoms with E-state index in [4.69, 9.17) is 16.7 Å². The van der Waals surface area contributed by atoms with E-state index in [9.17, 15) is 4.39 Å². The number of benzene rings is 1. The molecule has 0 aliphatic rings. The van der Waals surface area contributed by atoms with Crippen LogP contribution >= 0.6 is 0 Å². The van der Waals surface area contributed by atoms with E-state index in [1.165, 1.54) is 18.2 Å². The van der Waals surface area contributed by atoms with E-state index >= 15 is 0 Å². The number of anilines is 1. The van der Waals surface area contributed by atoms with Crippen LogP contribution in [0.3, 0.4) is 0 Å². The zero-order valence-electron chi connectivity index (χ0n) is 7.50. The van der Waals surface area contributed by atoms with E-state index in [0.29, 0.717) is 0 Å². The van der Waals surface area contributed by atoms with E-state index in [2.05, 4.69) is 6.58 Å². The Morgan fingerprint density at radius 2 is 2.21 bits per heavy atom. The molecule has 0 aliphatic heterocycles. The monoisotopic (exact) mass is 191 g/mol. The Bertz CT molecular complexity index is 407. The predicted molar refractivity (Wildman–Crippen MR) is 52.7 cm³/mol. The van der Waals surface area contributed by atoms with E-state index < -0.39 is 11.9 Å². The van der Waals surface area contributed by atoms with Crippen molar-refractivity contribution in [1.29, 1.82) is 5.26 Å². The van der Waals surface area contributed by atoms with E-state index in [-0.39, 0.29) is 16.8 Å². The molecule has 0 radical (unpaired) electrons. The third-order valence-corrected chi connectivity index (χ3v) is 1.93. The standard InChI is InChI=1S/C10H10FN3/c1-2-8(13)6-3-4-9(14)7(5-12)10(6)11/h2-4,8H,1,13-14H2/t8-/m1/s1. The molecule has 0 unspecified atom stereocenters. The number of hydrogen-bond acceptors (Lipinski definition) is 3. The van der Waals surface area contributed by atoms with Gasteiger partial charge in [0.25, 0.3) is 0 Å². The van der Waals surface area contributed by atoms with Crippen LogP contribution in [0.4, 0.5) is 10.1 Å². The molecule has 0 fully saturated rings. The van der Waals surface area contributed by atoms with Gasteiger partial charge in [-0.1, -0.05) is 12.1 Å². The van der Waals surface area contributed by atoms with Crippen molar-refractivity contribution in [2.75, 3.05) is 5.73 Å². The summed E-state index contributed by atoms with van der Waals surface area (Å²) in [5.74, 6) is -0.667. The molecule has 4 N–H and O–H groups in total. The molecule has 0 spiro atoms. The van der Waals surface area contributed by atoms with Gasteiger partial charge in [-0.15, -0.1) is 6.58 Å². The molecule has 0 heterocycles. The molecule has 0 bridgehead atoms. The van der Waals surface area contributed by atoms with Gasteiger partial charge in [-0.2, -0.15) is 5.26 Å². The van der Waals surface area contributed by atoms with Gasteiger partial charge in [-0.05, 0) is 6.07 Å². The summed E-state index contributed by atoms with van der Waals surface area (Å²) >= 11 is 0. The molecular formula is C10H10FN3. The average Bonchev–Trinajstić information content (AvgIpc) is 2.18. The molecule has 1 atom stereocenters. The largest absolute Gasteiger partial charge is 0.398 e. The van der Waals surface area contributed by atoms with Gasteiger partial charge in [-0.3, -0.25) is 0 Å². The summed E-state index contributed by atoms with van der Waals surface area (Å²) in [6, 6.07) is 3.99. The molecule has 72 valence electrons. The fourth-order valence-electron chi connectivity index (χ4n) is 1.11. The smallest absolute Gasteiger partial charge is 0.148 e. The molecule has 0 aliphatic carbocycles. The first-order chi connectivity index (χ1) is 6.61. The number of hydrogen-bond donors (Lipinski definition) is 2. The van der Waals surface area contributed by atoms with Gasteiger partial charge >= 0.3 is 0 Å². The molecule has 3 nitrogen and oxygen atoms in total.